The Morgan fingerprint density at radius 1 is 1.34 bits per heavy atom. The van der Waals surface area contributed by atoms with Crippen molar-refractivity contribution in [1.29, 1.82) is 5.26 Å². The first-order valence-corrected chi connectivity index (χ1v) is 9.36. The number of carboxylic acid groups (broad SMARTS) is 1. The molecule has 1 aliphatic carbocycles. The van der Waals surface area contributed by atoms with Gasteiger partial charge in [0.2, 0.25) is 11.8 Å². The van der Waals surface area contributed by atoms with E-state index in [2.05, 4.69) is 15.3 Å². The zero-order valence-electron chi connectivity index (χ0n) is 14.7. The Labute approximate surface area is 167 Å². The van der Waals surface area contributed by atoms with E-state index >= 15 is 0 Å². The molecule has 2 atom stereocenters. The van der Waals surface area contributed by atoms with Gasteiger partial charge in [-0.1, -0.05) is 23.9 Å². The fraction of sp³-hybridized carbons (Fsp3) is 0.278. The van der Waals surface area contributed by atoms with E-state index in [0.29, 0.717) is 6.42 Å². The summed E-state index contributed by atoms with van der Waals surface area (Å²) in [5, 5.41) is 30.2. The van der Waals surface area contributed by atoms with E-state index in [4.69, 9.17) is 5.11 Å². The van der Waals surface area contributed by atoms with Gasteiger partial charge in [0.15, 0.2) is 16.8 Å². The molecule has 0 saturated heterocycles. The first-order chi connectivity index (χ1) is 13.8. The second kappa shape index (κ2) is 8.40. The lowest BCUT2D eigenvalue weighted by Gasteiger charge is -2.08. The molecule has 1 aromatic carbocycles. The molecule has 29 heavy (non-hydrogen) atoms. The molecule has 2 aromatic rings. The van der Waals surface area contributed by atoms with E-state index in [-0.39, 0.29) is 27.7 Å². The van der Waals surface area contributed by atoms with Crippen LogP contribution in [0.1, 0.15) is 29.2 Å². The lowest BCUT2D eigenvalue weighted by atomic mass is 10.1. The van der Waals surface area contributed by atoms with Gasteiger partial charge in [0.1, 0.15) is 18.2 Å². The summed E-state index contributed by atoms with van der Waals surface area (Å²) < 4.78 is 27.1. The van der Waals surface area contributed by atoms with Crippen LogP contribution in [0.2, 0.25) is 0 Å². The van der Waals surface area contributed by atoms with Crippen molar-refractivity contribution >= 4 is 23.6 Å². The van der Waals surface area contributed by atoms with Crippen molar-refractivity contribution in [2.24, 2.45) is 5.92 Å². The number of amides is 1. The lowest BCUT2D eigenvalue weighted by Crippen LogP contribution is -2.30. The number of nitrogens with zero attached hydrogens (tertiary/aromatic N) is 3. The number of halogens is 2. The molecule has 0 bridgehead atoms. The fourth-order valence-electron chi connectivity index (χ4n) is 2.77. The van der Waals surface area contributed by atoms with Gasteiger partial charge in [-0.05, 0) is 12.5 Å². The standard InChI is InChI=1S/C18H14F2N4O4S/c19-12-3-1-2-8(14(12)20)7-29-18-23-15(11(5-21)17(28)24-18)9-4-10(9)16(27)22-6-13(25)26/h1-3,9-10H,4,6-7H2,(H,22,27)(H,25,26)(H,23,24,28). The van der Waals surface area contributed by atoms with Crippen molar-refractivity contribution in [1.82, 2.24) is 15.3 Å². The molecule has 0 radical (unpaired) electrons. The van der Waals surface area contributed by atoms with Gasteiger partial charge >= 0.3 is 5.97 Å². The molecule has 3 N–H and O–H groups in total. The van der Waals surface area contributed by atoms with Gasteiger partial charge in [-0.3, -0.25) is 9.59 Å². The van der Waals surface area contributed by atoms with E-state index in [1.54, 1.807) is 6.07 Å². The van der Waals surface area contributed by atoms with Crippen LogP contribution in [0.4, 0.5) is 8.78 Å². The van der Waals surface area contributed by atoms with Crippen molar-refractivity contribution in [3.8, 4) is 11.9 Å². The number of aliphatic carboxylic acids is 1. The Morgan fingerprint density at radius 3 is 2.79 bits per heavy atom. The fourth-order valence-corrected chi connectivity index (χ4v) is 3.59. The van der Waals surface area contributed by atoms with Crippen LogP contribution in [0, 0.1) is 28.9 Å². The molecule has 1 heterocycles. The van der Waals surface area contributed by atoms with E-state index in [0.717, 1.165) is 17.8 Å². The monoisotopic (exact) mass is 420 g/mol. The number of rotatable bonds is 7. The summed E-state index contributed by atoms with van der Waals surface area (Å²) in [5.74, 6) is -5.28. The first-order valence-electron chi connectivity index (χ1n) is 8.38. The molecule has 11 heteroatoms. The molecule has 0 spiro atoms. The van der Waals surface area contributed by atoms with Crippen LogP contribution in [0.25, 0.3) is 0 Å². The van der Waals surface area contributed by atoms with Crippen LogP contribution in [0.5, 0.6) is 5.88 Å². The maximum Gasteiger partial charge on any atom is 0.322 e. The second-order valence-electron chi connectivity index (χ2n) is 6.26. The van der Waals surface area contributed by atoms with Gasteiger partial charge in [-0.15, -0.1) is 0 Å². The van der Waals surface area contributed by atoms with Gasteiger partial charge in [0.25, 0.3) is 0 Å². The number of nitriles is 1. The van der Waals surface area contributed by atoms with Crippen molar-refractivity contribution in [2.45, 2.75) is 23.2 Å². The van der Waals surface area contributed by atoms with Gasteiger partial charge in [-0.25, -0.2) is 13.8 Å². The minimum Gasteiger partial charge on any atom is -0.492 e. The van der Waals surface area contributed by atoms with Crippen LogP contribution < -0.4 is 5.32 Å². The third kappa shape index (κ3) is 4.60. The average molecular weight is 420 g/mol. The number of carbonyl (C=O) groups is 2. The summed E-state index contributed by atoms with van der Waals surface area (Å²) in [6, 6.07) is 5.55. The smallest absolute Gasteiger partial charge is 0.322 e. The molecule has 2 unspecified atom stereocenters. The number of hydrogen-bond acceptors (Lipinski definition) is 7. The molecular weight excluding hydrogens is 406 g/mol. The predicted octanol–water partition coefficient (Wildman–Crippen LogP) is 1.93. The number of nitrogens with one attached hydrogen (secondary N) is 1. The van der Waals surface area contributed by atoms with Crippen LogP contribution in [-0.4, -0.2) is 38.6 Å². The minimum atomic E-state index is -1.18. The highest BCUT2D eigenvalue weighted by Gasteiger charge is 2.47. The van der Waals surface area contributed by atoms with E-state index in [9.17, 15) is 28.7 Å². The van der Waals surface area contributed by atoms with Crippen LogP contribution >= 0.6 is 11.8 Å². The summed E-state index contributed by atoms with van der Waals surface area (Å²) in [7, 11) is 0. The van der Waals surface area contributed by atoms with Crippen molar-refractivity contribution in [2.75, 3.05) is 6.54 Å². The Hall–Kier alpha value is -3.26. The van der Waals surface area contributed by atoms with E-state index < -0.39 is 47.8 Å². The number of aromatic hydroxyl groups is 1. The highest BCUT2D eigenvalue weighted by atomic mass is 32.2. The van der Waals surface area contributed by atoms with Crippen molar-refractivity contribution < 1.29 is 28.6 Å². The lowest BCUT2D eigenvalue weighted by molar-refractivity contribution is -0.138. The largest absolute Gasteiger partial charge is 0.492 e. The Bertz CT molecular complexity index is 1030. The minimum absolute atomic E-state index is 0.0123. The third-order valence-corrected chi connectivity index (χ3v) is 5.19. The quantitative estimate of drug-likeness (QED) is 0.457. The summed E-state index contributed by atoms with van der Waals surface area (Å²) in [4.78, 5) is 30.6. The summed E-state index contributed by atoms with van der Waals surface area (Å²) in [6.07, 6.45) is 0.333. The molecule has 1 amide bonds. The molecule has 3 rings (SSSR count). The van der Waals surface area contributed by atoms with Crippen LogP contribution in [-0.2, 0) is 15.3 Å². The molecule has 1 fully saturated rings. The number of carboxylic acids is 1. The number of hydrogen-bond donors (Lipinski definition) is 3. The normalized spacial score (nSPS) is 17.4. The Kier molecular flexibility index (Phi) is 5.93. The second-order valence-corrected chi connectivity index (χ2v) is 7.21. The third-order valence-electron chi connectivity index (χ3n) is 4.29. The Morgan fingerprint density at radius 2 is 2.10 bits per heavy atom. The number of benzene rings is 1. The zero-order chi connectivity index (χ0) is 21.1. The summed E-state index contributed by atoms with van der Waals surface area (Å²) in [5.41, 5.74) is 0.0730. The van der Waals surface area contributed by atoms with Gasteiger partial charge < -0.3 is 15.5 Å². The SMILES string of the molecule is N#Cc1c(O)nc(SCc2cccc(F)c2F)nc1C1CC1C(=O)NCC(=O)O. The molecule has 1 aliphatic rings. The molecular formula is C18H14F2N4O4S. The maximum atomic E-state index is 13.8. The van der Waals surface area contributed by atoms with Crippen LogP contribution in [0.15, 0.2) is 23.4 Å². The molecule has 0 aliphatic heterocycles. The van der Waals surface area contributed by atoms with Crippen molar-refractivity contribution in [3.05, 3.63) is 46.7 Å². The highest BCUT2D eigenvalue weighted by Crippen LogP contribution is 2.49. The first kappa shape index (κ1) is 20.5. The van der Waals surface area contributed by atoms with Gasteiger partial charge in [-0.2, -0.15) is 10.2 Å². The van der Waals surface area contributed by atoms with Gasteiger partial charge in [0, 0.05) is 23.2 Å². The molecule has 1 saturated carbocycles. The van der Waals surface area contributed by atoms with E-state index in [1.807, 2.05) is 0 Å². The number of thioether (sulfide) groups is 1. The zero-order valence-corrected chi connectivity index (χ0v) is 15.5. The van der Waals surface area contributed by atoms with Crippen LogP contribution in [0.3, 0.4) is 0 Å². The molecule has 8 nitrogen and oxygen atoms in total. The highest BCUT2D eigenvalue weighted by molar-refractivity contribution is 7.98. The van der Waals surface area contributed by atoms with E-state index in [1.165, 1.54) is 12.1 Å². The topological polar surface area (TPSA) is 136 Å². The molecule has 1 aromatic heterocycles. The summed E-state index contributed by atoms with van der Waals surface area (Å²) in [6.45, 7) is -0.525. The van der Waals surface area contributed by atoms with Crippen molar-refractivity contribution in [3.63, 3.8) is 0 Å². The summed E-state index contributed by atoms with van der Waals surface area (Å²) >= 11 is 0.936. The van der Waals surface area contributed by atoms with Gasteiger partial charge in [0.05, 0.1) is 5.69 Å². The number of aromatic nitrogens is 2. The average Bonchev–Trinajstić information content (AvgIpc) is 3.47. The maximum absolute atomic E-state index is 13.8. The molecule has 150 valence electrons. The predicted molar refractivity (Wildman–Crippen MR) is 95.8 cm³/mol. The number of carbonyl (C=O) groups excluding carboxylic acids is 1. The Balaban J connectivity index is 1.77.